The van der Waals surface area contributed by atoms with Gasteiger partial charge < -0.3 is 14.2 Å². The van der Waals surface area contributed by atoms with Crippen LogP contribution in [0.3, 0.4) is 0 Å². The van der Waals surface area contributed by atoms with E-state index >= 15 is 0 Å². The van der Waals surface area contributed by atoms with E-state index in [-0.39, 0.29) is 23.7 Å². The van der Waals surface area contributed by atoms with Gasteiger partial charge in [-0.1, -0.05) is 24.2 Å². The molecule has 7 heteroatoms. The standard InChI is InChI=1S/C19H23FN4O2/c1-3-5-17-21-22-19(26-17)23-9-14-10-24(12(2)25)18(16(14)11-23)13-6-4-7-15(20)8-13/h4,6-8,14,16,18H,3,5,9-11H2,1-2H3/t14-,16-,18+/m1/s1. The molecule has 138 valence electrons. The Morgan fingerprint density at radius 1 is 1.31 bits per heavy atom. The van der Waals surface area contributed by atoms with Crippen LogP contribution in [-0.4, -0.2) is 40.6 Å². The van der Waals surface area contributed by atoms with Gasteiger partial charge in [-0.2, -0.15) is 0 Å². The molecule has 2 aliphatic rings. The molecule has 1 aromatic heterocycles. The van der Waals surface area contributed by atoms with Crippen LogP contribution < -0.4 is 4.90 Å². The largest absolute Gasteiger partial charge is 0.408 e. The van der Waals surface area contributed by atoms with Crippen molar-refractivity contribution in [2.24, 2.45) is 11.8 Å². The van der Waals surface area contributed by atoms with Gasteiger partial charge in [0.2, 0.25) is 11.8 Å². The Hall–Kier alpha value is -2.44. The Balaban J connectivity index is 1.59. The van der Waals surface area contributed by atoms with Crippen molar-refractivity contribution in [2.45, 2.75) is 32.7 Å². The first kappa shape index (κ1) is 17.0. The molecule has 0 unspecified atom stereocenters. The summed E-state index contributed by atoms with van der Waals surface area (Å²) < 4.78 is 19.5. The summed E-state index contributed by atoms with van der Waals surface area (Å²) in [6, 6.07) is 7.02. The van der Waals surface area contributed by atoms with Crippen molar-refractivity contribution in [3.63, 3.8) is 0 Å². The van der Waals surface area contributed by atoms with Gasteiger partial charge in [0.1, 0.15) is 5.82 Å². The first-order valence-corrected chi connectivity index (χ1v) is 9.16. The van der Waals surface area contributed by atoms with E-state index in [0.717, 1.165) is 31.5 Å². The summed E-state index contributed by atoms with van der Waals surface area (Å²) in [5.74, 6) is 0.955. The molecule has 0 radical (unpaired) electrons. The smallest absolute Gasteiger partial charge is 0.318 e. The first-order valence-electron chi connectivity index (χ1n) is 9.16. The maximum atomic E-state index is 13.8. The molecule has 0 spiro atoms. The molecular weight excluding hydrogens is 335 g/mol. The molecule has 0 bridgehead atoms. The molecule has 6 nitrogen and oxygen atoms in total. The van der Waals surface area contributed by atoms with Crippen LogP contribution in [0.5, 0.6) is 0 Å². The van der Waals surface area contributed by atoms with E-state index in [1.54, 1.807) is 13.0 Å². The van der Waals surface area contributed by atoms with Crippen molar-refractivity contribution >= 4 is 11.9 Å². The molecule has 3 heterocycles. The highest BCUT2D eigenvalue weighted by Crippen LogP contribution is 2.45. The highest BCUT2D eigenvalue weighted by molar-refractivity contribution is 5.74. The van der Waals surface area contributed by atoms with Gasteiger partial charge in [0, 0.05) is 44.8 Å². The van der Waals surface area contributed by atoms with Crippen molar-refractivity contribution in [2.75, 3.05) is 24.5 Å². The van der Waals surface area contributed by atoms with Crippen LogP contribution >= 0.6 is 0 Å². The third-order valence-corrected chi connectivity index (χ3v) is 5.45. The van der Waals surface area contributed by atoms with Crippen LogP contribution in [0.15, 0.2) is 28.7 Å². The second-order valence-corrected chi connectivity index (χ2v) is 7.23. The molecule has 2 fully saturated rings. The quantitative estimate of drug-likeness (QED) is 0.841. The summed E-state index contributed by atoms with van der Waals surface area (Å²) in [6.45, 7) is 5.83. The third-order valence-electron chi connectivity index (χ3n) is 5.45. The van der Waals surface area contributed by atoms with Crippen molar-refractivity contribution in [3.8, 4) is 0 Å². The van der Waals surface area contributed by atoms with Gasteiger partial charge >= 0.3 is 6.01 Å². The zero-order chi connectivity index (χ0) is 18.3. The van der Waals surface area contributed by atoms with Gasteiger partial charge in [-0.3, -0.25) is 4.79 Å². The maximum absolute atomic E-state index is 13.8. The number of rotatable bonds is 4. The molecule has 1 amide bonds. The van der Waals surface area contributed by atoms with Gasteiger partial charge in [-0.25, -0.2) is 4.39 Å². The number of hydrogen-bond acceptors (Lipinski definition) is 5. The van der Waals surface area contributed by atoms with Crippen LogP contribution in [0.4, 0.5) is 10.4 Å². The zero-order valence-electron chi connectivity index (χ0n) is 15.1. The van der Waals surface area contributed by atoms with Gasteiger partial charge in [0.15, 0.2) is 0 Å². The van der Waals surface area contributed by atoms with Gasteiger partial charge in [0.25, 0.3) is 0 Å². The van der Waals surface area contributed by atoms with Crippen molar-refractivity contribution in [1.29, 1.82) is 0 Å². The number of aryl methyl sites for hydroxylation is 1. The SMILES string of the molecule is CCCc1nnc(N2C[C@@H]3CN(C(C)=O)[C@@H](c4cccc(F)c4)[C@@H]3C2)o1. The number of hydrogen-bond donors (Lipinski definition) is 0. The zero-order valence-corrected chi connectivity index (χ0v) is 15.1. The topological polar surface area (TPSA) is 62.5 Å². The molecule has 26 heavy (non-hydrogen) atoms. The number of nitrogens with zero attached hydrogens (tertiary/aromatic N) is 4. The summed E-state index contributed by atoms with van der Waals surface area (Å²) in [5.41, 5.74) is 0.853. The number of carbonyl (C=O) groups is 1. The number of benzene rings is 1. The minimum atomic E-state index is -0.273. The molecule has 2 aliphatic heterocycles. The molecule has 0 N–H and O–H groups in total. The fraction of sp³-hybridized carbons (Fsp3) is 0.526. The van der Waals surface area contributed by atoms with Crippen LogP contribution in [0, 0.1) is 17.7 Å². The first-order chi connectivity index (χ1) is 12.6. The van der Waals surface area contributed by atoms with E-state index < -0.39 is 0 Å². The number of aromatic nitrogens is 2. The van der Waals surface area contributed by atoms with E-state index in [4.69, 9.17) is 4.42 Å². The molecule has 0 aliphatic carbocycles. The van der Waals surface area contributed by atoms with E-state index in [1.807, 2.05) is 11.0 Å². The Labute approximate surface area is 152 Å². The summed E-state index contributed by atoms with van der Waals surface area (Å²) in [7, 11) is 0. The summed E-state index contributed by atoms with van der Waals surface area (Å²) in [5, 5.41) is 8.28. The van der Waals surface area contributed by atoms with Crippen LogP contribution in [0.1, 0.15) is 37.8 Å². The Kier molecular flexibility index (Phi) is 4.38. The highest BCUT2D eigenvalue weighted by Gasteiger charge is 2.49. The molecule has 3 atom stereocenters. The van der Waals surface area contributed by atoms with Crippen molar-refractivity contribution in [3.05, 3.63) is 41.5 Å². The predicted molar refractivity (Wildman–Crippen MR) is 94.0 cm³/mol. The minimum absolute atomic E-state index is 0.0308. The number of halogens is 1. The van der Waals surface area contributed by atoms with Gasteiger partial charge in [-0.15, -0.1) is 5.10 Å². The van der Waals surface area contributed by atoms with Crippen LogP contribution in [0.2, 0.25) is 0 Å². The average Bonchev–Trinajstić information content (AvgIpc) is 3.28. The normalized spacial score (nSPS) is 25.0. The van der Waals surface area contributed by atoms with E-state index in [1.165, 1.54) is 12.1 Å². The minimum Gasteiger partial charge on any atom is -0.408 e. The lowest BCUT2D eigenvalue weighted by Crippen LogP contribution is -2.34. The molecular formula is C19H23FN4O2. The highest BCUT2D eigenvalue weighted by atomic mass is 19.1. The maximum Gasteiger partial charge on any atom is 0.318 e. The van der Waals surface area contributed by atoms with Gasteiger partial charge in [0.05, 0.1) is 6.04 Å². The van der Waals surface area contributed by atoms with Gasteiger partial charge in [-0.05, 0) is 24.1 Å². The third kappa shape index (κ3) is 2.95. The average molecular weight is 358 g/mol. The number of fused-ring (bicyclic) bond motifs is 1. The number of amides is 1. The Morgan fingerprint density at radius 2 is 2.15 bits per heavy atom. The second-order valence-electron chi connectivity index (χ2n) is 7.23. The number of anilines is 1. The fourth-order valence-electron chi connectivity index (χ4n) is 4.33. The van der Waals surface area contributed by atoms with Crippen molar-refractivity contribution < 1.29 is 13.6 Å². The summed E-state index contributed by atoms with van der Waals surface area (Å²) in [4.78, 5) is 16.1. The molecule has 4 rings (SSSR count). The number of likely N-dealkylation sites (tertiary alicyclic amines) is 1. The fourth-order valence-corrected chi connectivity index (χ4v) is 4.33. The Morgan fingerprint density at radius 3 is 2.88 bits per heavy atom. The molecule has 2 aromatic rings. The van der Waals surface area contributed by atoms with E-state index in [2.05, 4.69) is 22.0 Å². The Bertz CT molecular complexity index is 808. The summed E-state index contributed by atoms with van der Waals surface area (Å²) in [6.07, 6.45) is 1.74. The lowest BCUT2D eigenvalue weighted by Gasteiger charge is -2.28. The van der Waals surface area contributed by atoms with E-state index in [9.17, 15) is 9.18 Å². The van der Waals surface area contributed by atoms with E-state index in [0.29, 0.717) is 24.4 Å². The monoisotopic (exact) mass is 358 g/mol. The molecule has 2 saturated heterocycles. The van der Waals surface area contributed by atoms with Crippen LogP contribution in [0.25, 0.3) is 0 Å². The summed E-state index contributed by atoms with van der Waals surface area (Å²) >= 11 is 0. The van der Waals surface area contributed by atoms with Crippen LogP contribution in [-0.2, 0) is 11.2 Å². The molecule has 1 aromatic carbocycles. The molecule has 0 saturated carbocycles. The predicted octanol–water partition coefficient (Wildman–Crippen LogP) is 2.82. The number of carbonyl (C=O) groups excluding carboxylic acids is 1. The lowest BCUT2D eigenvalue weighted by molar-refractivity contribution is -0.130. The lowest BCUT2D eigenvalue weighted by atomic mass is 9.89. The van der Waals surface area contributed by atoms with Crippen molar-refractivity contribution in [1.82, 2.24) is 15.1 Å². The second kappa shape index (κ2) is 6.70.